The van der Waals surface area contributed by atoms with Gasteiger partial charge in [0.2, 0.25) is 0 Å². The molecular weight excluding hydrogens is 296 g/mol. The van der Waals surface area contributed by atoms with Crippen molar-refractivity contribution in [1.29, 1.82) is 0 Å². The molecular formula is C17H26N2O4. The Morgan fingerprint density at radius 3 is 2.39 bits per heavy atom. The molecule has 0 aliphatic heterocycles. The van der Waals surface area contributed by atoms with Gasteiger partial charge in [-0.3, -0.25) is 0 Å². The van der Waals surface area contributed by atoms with E-state index in [2.05, 4.69) is 5.32 Å². The molecule has 2 N–H and O–H groups in total. The van der Waals surface area contributed by atoms with Crippen molar-refractivity contribution in [2.24, 2.45) is 0 Å². The quantitative estimate of drug-likeness (QED) is 0.784. The number of aliphatic hydroxyl groups is 1. The van der Waals surface area contributed by atoms with Crippen LogP contribution in [0.5, 0.6) is 0 Å². The highest BCUT2D eigenvalue weighted by atomic mass is 16.6. The lowest BCUT2D eigenvalue weighted by Crippen LogP contribution is -2.48. The average Bonchev–Trinajstić information content (AvgIpc) is 2.46. The van der Waals surface area contributed by atoms with Crippen LogP contribution >= 0.6 is 0 Å². The number of aliphatic hydroxyl groups excluding tert-OH is 1. The number of hydrogen-bond donors (Lipinski definition) is 2. The first-order valence-corrected chi connectivity index (χ1v) is 7.66. The number of urea groups is 1. The molecule has 0 aliphatic carbocycles. The molecule has 0 spiro atoms. The van der Waals surface area contributed by atoms with Crippen LogP contribution in [0.2, 0.25) is 0 Å². The van der Waals surface area contributed by atoms with Gasteiger partial charge in [-0.05, 0) is 33.3 Å². The molecule has 6 heteroatoms. The molecule has 0 heterocycles. The minimum absolute atomic E-state index is 0.152. The molecule has 0 radical (unpaired) electrons. The van der Waals surface area contributed by atoms with E-state index in [9.17, 15) is 9.59 Å². The summed E-state index contributed by atoms with van der Waals surface area (Å²) in [6.45, 7) is 7.27. The standard InChI is InChI=1S/C17H26N2O4/c1-13(15(21)23-17(2,3)4)18-16(22)19(10-11-20)12-14-8-6-5-7-9-14/h5-9,13,20H,10-12H2,1-4H3,(H,18,22). The first-order chi connectivity index (χ1) is 10.7. The van der Waals surface area contributed by atoms with Crippen molar-refractivity contribution in [1.82, 2.24) is 10.2 Å². The first kappa shape index (κ1) is 19.0. The Kier molecular flexibility index (Phi) is 7.03. The zero-order valence-electron chi connectivity index (χ0n) is 14.2. The molecule has 6 nitrogen and oxygen atoms in total. The molecule has 1 aromatic carbocycles. The molecule has 0 saturated carbocycles. The monoisotopic (exact) mass is 322 g/mol. The van der Waals surface area contributed by atoms with Crippen LogP contribution in [0, 0.1) is 0 Å². The van der Waals surface area contributed by atoms with Crippen LogP contribution in [0.15, 0.2) is 30.3 Å². The van der Waals surface area contributed by atoms with Crippen LogP contribution < -0.4 is 5.32 Å². The number of carbonyl (C=O) groups is 2. The fourth-order valence-corrected chi connectivity index (χ4v) is 1.90. The smallest absolute Gasteiger partial charge is 0.328 e. The number of carbonyl (C=O) groups excluding carboxylic acids is 2. The van der Waals surface area contributed by atoms with Crippen LogP contribution in [0.1, 0.15) is 33.3 Å². The van der Waals surface area contributed by atoms with Gasteiger partial charge in [-0.1, -0.05) is 30.3 Å². The van der Waals surface area contributed by atoms with E-state index in [0.717, 1.165) is 5.56 Å². The fraction of sp³-hybridized carbons (Fsp3) is 0.529. The summed E-state index contributed by atoms with van der Waals surface area (Å²) in [6, 6.07) is 8.27. The zero-order valence-corrected chi connectivity index (χ0v) is 14.2. The summed E-state index contributed by atoms with van der Waals surface area (Å²) < 4.78 is 5.24. The Morgan fingerprint density at radius 1 is 1.26 bits per heavy atom. The second-order valence-corrected chi connectivity index (χ2v) is 6.34. The SMILES string of the molecule is CC(NC(=O)N(CCO)Cc1ccccc1)C(=O)OC(C)(C)C. The molecule has 23 heavy (non-hydrogen) atoms. The summed E-state index contributed by atoms with van der Waals surface area (Å²) in [6.07, 6.45) is 0. The van der Waals surface area contributed by atoms with E-state index in [-0.39, 0.29) is 13.2 Å². The van der Waals surface area contributed by atoms with Gasteiger partial charge in [-0.15, -0.1) is 0 Å². The lowest BCUT2D eigenvalue weighted by atomic mass is 10.2. The van der Waals surface area contributed by atoms with Gasteiger partial charge in [0.15, 0.2) is 0 Å². The summed E-state index contributed by atoms with van der Waals surface area (Å²) >= 11 is 0. The van der Waals surface area contributed by atoms with Gasteiger partial charge in [-0.25, -0.2) is 9.59 Å². The third kappa shape index (κ3) is 7.15. The van der Waals surface area contributed by atoms with E-state index >= 15 is 0 Å². The van der Waals surface area contributed by atoms with Gasteiger partial charge >= 0.3 is 12.0 Å². The molecule has 1 rings (SSSR count). The fourth-order valence-electron chi connectivity index (χ4n) is 1.90. The maximum atomic E-state index is 12.3. The minimum atomic E-state index is -0.765. The molecule has 0 aliphatic rings. The number of nitrogens with one attached hydrogen (secondary N) is 1. The minimum Gasteiger partial charge on any atom is -0.458 e. The maximum Gasteiger partial charge on any atom is 0.328 e. The van der Waals surface area contributed by atoms with Crippen molar-refractivity contribution in [3.63, 3.8) is 0 Å². The Hall–Kier alpha value is -2.08. The Bertz CT molecular complexity index is 511. The Balaban J connectivity index is 2.65. The lowest BCUT2D eigenvalue weighted by molar-refractivity contribution is -0.156. The molecule has 1 atom stereocenters. The third-order valence-corrected chi connectivity index (χ3v) is 2.97. The number of rotatable bonds is 6. The van der Waals surface area contributed by atoms with Crippen molar-refractivity contribution >= 4 is 12.0 Å². The lowest BCUT2D eigenvalue weighted by Gasteiger charge is -2.26. The highest BCUT2D eigenvalue weighted by Gasteiger charge is 2.24. The van der Waals surface area contributed by atoms with Crippen molar-refractivity contribution in [3.05, 3.63) is 35.9 Å². The highest BCUT2D eigenvalue weighted by molar-refractivity contribution is 5.83. The van der Waals surface area contributed by atoms with E-state index in [1.165, 1.54) is 4.90 Å². The zero-order chi connectivity index (χ0) is 17.5. The van der Waals surface area contributed by atoms with Crippen molar-refractivity contribution in [2.45, 2.75) is 45.9 Å². The van der Waals surface area contributed by atoms with E-state index in [1.807, 2.05) is 30.3 Å². The van der Waals surface area contributed by atoms with Gasteiger partial charge in [0, 0.05) is 13.1 Å². The number of amides is 2. The number of nitrogens with zero attached hydrogens (tertiary/aromatic N) is 1. The molecule has 0 bridgehead atoms. The average molecular weight is 322 g/mol. The second-order valence-electron chi connectivity index (χ2n) is 6.34. The van der Waals surface area contributed by atoms with Crippen molar-refractivity contribution in [3.8, 4) is 0 Å². The van der Waals surface area contributed by atoms with E-state index in [4.69, 9.17) is 9.84 Å². The number of ether oxygens (including phenoxy) is 1. The topological polar surface area (TPSA) is 78.9 Å². The van der Waals surface area contributed by atoms with E-state index in [1.54, 1.807) is 27.7 Å². The predicted molar refractivity (Wildman–Crippen MR) is 87.8 cm³/mol. The van der Waals surface area contributed by atoms with Crippen LogP contribution in [-0.2, 0) is 16.1 Å². The summed E-state index contributed by atoms with van der Waals surface area (Å²) in [5.74, 6) is -0.491. The highest BCUT2D eigenvalue weighted by Crippen LogP contribution is 2.09. The summed E-state index contributed by atoms with van der Waals surface area (Å²) in [5.41, 5.74) is 0.339. The van der Waals surface area contributed by atoms with Gasteiger partial charge in [-0.2, -0.15) is 0 Å². The largest absolute Gasteiger partial charge is 0.458 e. The summed E-state index contributed by atoms with van der Waals surface area (Å²) in [5, 5.41) is 11.8. The van der Waals surface area contributed by atoms with Gasteiger partial charge in [0.1, 0.15) is 11.6 Å². The summed E-state index contributed by atoms with van der Waals surface area (Å²) in [4.78, 5) is 25.7. The first-order valence-electron chi connectivity index (χ1n) is 7.66. The normalized spacial score (nSPS) is 12.4. The van der Waals surface area contributed by atoms with Gasteiger partial charge in [0.05, 0.1) is 6.61 Å². The molecule has 128 valence electrons. The van der Waals surface area contributed by atoms with Crippen LogP contribution in [0.25, 0.3) is 0 Å². The Labute approximate surface area is 137 Å². The molecule has 0 fully saturated rings. The number of esters is 1. The van der Waals surface area contributed by atoms with Crippen molar-refractivity contribution in [2.75, 3.05) is 13.2 Å². The van der Waals surface area contributed by atoms with Crippen LogP contribution in [0.3, 0.4) is 0 Å². The molecule has 0 aromatic heterocycles. The molecule has 1 aromatic rings. The molecule has 1 unspecified atom stereocenters. The second kappa shape index (κ2) is 8.53. The van der Waals surface area contributed by atoms with Crippen molar-refractivity contribution < 1.29 is 19.4 Å². The number of benzene rings is 1. The number of hydrogen-bond acceptors (Lipinski definition) is 4. The third-order valence-electron chi connectivity index (χ3n) is 2.97. The summed E-state index contributed by atoms with van der Waals surface area (Å²) in [7, 11) is 0. The Morgan fingerprint density at radius 2 is 1.87 bits per heavy atom. The van der Waals surface area contributed by atoms with E-state index < -0.39 is 23.6 Å². The van der Waals surface area contributed by atoms with Crippen LogP contribution in [-0.4, -0.2) is 46.8 Å². The molecule has 0 saturated heterocycles. The van der Waals surface area contributed by atoms with Gasteiger partial charge in [0.25, 0.3) is 0 Å². The maximum absolute atomic E-state index is 12.3. The molecule has 2 amide bonds. The van der Waals surface area contributed by atoms with Crippen LogP contribution in [0.4, 0.5) is 4.79 Å². The van der Waals surface area contributed by atoms with Gasteiger partial charge < -0.3 is 20.1 Å². The van der Waals surface area contributed by atoms with E-state index in [0.29, 0.717) is 6.54 Å². The predicted octanol–water partition coefficient (Wildman–Crippen LogP) is 1.92.